The molecule has 0 saturated heterocycles. The molecule has 1 unspecified atom stereocenters. The van der Waals surface area contributed by atoms with E-state index >= 15 is 0 Å². The van der Waals surface area contributed by atoms with Crippen molar-refractivity contribution in [2.45, 2.75) is 13.0 Å². The van der Waals surface area contributed by atoms with Gasteiger partial charge in [-0.3, -0.25) is 0 Å². The zero-order valence-corrected chi connectivity index (χ0v) is 10.9. The Bertz CT molecular complexity index is 619. The summed E-state index contributed by atoms with van der Waals surface area (Å²) in [6.45, 7) is 1.73. The largest absolute Gasteiger partial charge is 0.507 e. The number of carbonyl (C=O) groups is 1. The van der Waals surface area contributed by atoms with Gasteiger partial charge in [0.15, 0.2) is 0 Å². The summed E-state index contributed by atoms with van der Waals surface area (Å²) in [6, 6.07) is 10.5. The Morgan fingerprint density at radius 3 is 2.25 bits per heavy atom. The van der Waals surface area contributed by atoms with Gasteiger partial charge in [-0.15, -0.1) is 0 Å². The number of phenolic OH excluding ortho intramolecular Hbond substituents is 2. The average molecular weight is 273 g/mol. The molecule has 0 fully saturated rings. The number of para-hydroxylation sites is 1. The first-order chi connectivity index (χ1) is 9.50. The third-order valence-corrected chi connectivity index (χ3v) is 3.02. The quantitative estimate of drug-likeness (QED) is 0.687. The molecular formula is C15H15NO4. The predicted octanol–water partition coefficient (Wildman–Crippen LogP) is 2.97. The lowest BCUT2D eigenvalue weighted by atomic mass is 10.0. The number of aromatic hydroxyl groups is 2. The van der Waals surface area contributed by atoms with Crippen LogP contribution in [0.5, 0.6) is 11.5 Å². The molecule has 0 aliphatic rings. The Kier molecular flexibility index (Phi) is 3.79. The van der Waals surface area contributed by atoms with Gasteiger partial charge in [0.2, 0.25) is 0 Å². The molecule has 0 heterocycles. The summed E-state index contributed by atoms with van der Waals surface area (Å²) in [5, 5.41) is 31.7. The van der Waals surface area contributed by atoms with Crippen LogP contribution in [0, 0.1) is 0 Å². The third kappa shape index (κ3) is 2.66. The maximum absolute atomic E-state index is 11.1. The maximum Gasteiger partial charge on any atom is 0.337 e. The number of aromatic carboxylic acids is 1. The molecule has 1 atom stereocenters. The molecule has 2 rings (SSSR count). The zero-order chi connectivity index (χ0) is 14.7. The van der Waals surface area contributed by atoms with Crippen LogP contribution < -0.4 is 5.32 Å². The van der Waals surface area contributed by atoms with Crippen molar-refractivity contribution in [3.05, 3.63) is 53.6 Å². The van der Waals surface area contributed by atoms with Crippen molar-refractivity contribution in [1.29, 1.82) is 0 Å². The summed E-state index contributed by atoms with van der Waals surface area (Å²) in [5.74, 6) is -1.13. The van der Waals surface area contributed by atoms with E-state index in [0.717, 1.165) is 0 Å². The monoisotopic (exact) mass is 273 g/mol. The van der Waals surface area contributed by atoms with E-state index in [1.54, 1.807) is 25.1 Å². The van der Waals surface area contributed by atoms with Gasteiger partial charge in [-0.1, -0.05) is 18.2 Å². The summed E-state index contributed by atoms with van der Waals surface area (Å²) in [7, 11) is 0. The Morgan fingerprint density at radius 1 is 1.05 bits per heavy atom. The summed E-state index contributed by atoms with van der Waals surface area (Å²) < 4.78 is 0. The van der Waals surface area contributed by atoms with Crippen LogP contribution in [0.1, 0.15) is 28.9 Å². The maximum atomic E-state index is 11.1. The van der Waals surface area contributed by atoms with Gasteiger partial charge in [0, 0.05) is 5.69 Å². The third-order valence-electron chi connectivity index (χ3n) is 3.02. The van der Waals surface area contributed by atoms with Crippen molar-refractivity contribution in [3.8, 4) is 11.5 Å². The van der Waals surface area contributed by atoms with Crippen molar-refractivity contribution >= 4 is 11.7 Å². The minimum atomic E-state index is -1.04. The molecule has 0 aromatic heterocycles. The highest BCUT2D eigenvalue weighted by molar-refractivity contribution is 5.94. The van der Waals surface area contributed by atoms with Gasteiger partial charge in [0.25, 0.3) is 0 Å². The van der Waals surface area contributed by atoms with E-state index < -0.39 is 12.0 Å². The molecule has 0 aliphatic heterocycles. The molecule has 104 valence electrons. The highest BCUT2D eigenvalue weighted by Crippen LogP contribution is 2.34. The number of phenols is 2. The van der Waals surface area contributed by atoms with Crippen molar-refractivity contribution in [2.75, 3.05) is 5.32 Å². The van der Waals surface area contributed by atoms with Crippen LogP contribution in [0.25, 0.3) is 0 Å². The molecule has 2 aromatic carbocycles. The van der Waals surface area contributed by atoms with Gasteiger partial charge >= 0.3 is 5.97 Å². The smallest absolute Gasteiger partial charge is 0.337 e. The van der Waals surface area contributed by atoms with Crippen molar-refractivity contribution in [1.82, 2.24) is 0 Å². The number of hydrogen-bond donors (Lipinski definition) is 4. The average Bonchev–Trinajstić information content (AvgIpc) is 2.38. The van der Waals surface area contributed by atoms with E-state index in [0.29, 0.717) is 11.3 Å². The molecule has 4 N–H and O–H groups in total. The number of rotatable bonds is 4. The second kappa shape index (κ2) is 5.52. The van der Waals surface area contributed by atoms with Gasteiger partial charge in [0.1, 0.15) is 11.5 Å². The van der Waals surface area contributed by atoms with Gasteiger partial charge in [0.05, 0.1) is 17.2 Å². The Balaban J connectivity index is 2.33. The molecule has 2 aromatic rings. The van der Waals surface area contributed by atoms with Crippen LogP contribution in [0.4, 0.5) is 5.69 Å². The first kappa shape index (κ1) is 13.7. The summed E-state index contributed by atoms with van der Waals surface area (Å²) >= 11 is 0. The SMILES string of the molecule is CC(Nc1ccccc1C(=O)O)c1c(O)cccc1O. The first-order valence-electron chi connectivity index (χ1n) is 6.10. The van der Waals surface area contributed by atoms with Crippen molar-refractivity contribution < 1.29 is 20.1 Å². The topological polar surface area (TPSA) is 89.8 Å². The number of anilines is 1. The molecule has 0 bridgehead atoms. The molecule has 5 heteroatoms. The van der Waals surface area contributed by atoms with E-state index in [4.69, 9.17) is 5.11 Å². The number of nitrogens with one attached hydrogen (secondary N) is 1. The molecule has 20 heavy (non-hydrogen) atoms. The Hall–Kier alpha value is -2.69. The van der Waals surface area contributed by atoms with Crippen molar-refractivity contribution in [3.63, 3.8) is 0 Å². The minimum absolute atomic E-state index is 0.0437. The lowest BCUT2D eigenvalue weighted by molar-refractivity contribution is 0.0698. The van der Waals surface area contributed by atoms with Gasteiger partial charge in [-0.2, -0.15) is 0 Å². The zero-order valence-electron chi connectivity index (χ0n) is 10.9. The van der Waals surface area contributed by atoms with Gasteiger partial charge in [-0.25, -0.2) is 4.79 Å². The van der Waals surface area contributed by atoms with Gasteiger partial charge in [-0.05, 0) is 31.2 Å². The van der Waals surface area contributed by atoms with Crippen LogP contribution in [0.3, 0.4) is 0 Å². The van der Waals surface area contributed by atoms with Crippen molar-refractivity contribution in [2.24, 2.45) is 0 Å². The predicted molar refractivity (Wildman–Crippen MR) is 75.2 cm³/mol. The second-order valence-corrected chi connectivity index (χ2v) is 4.43. The molecule has 0 amide bonds. The van der Waals surface area contributed by atoms with Crippen LogP contribution in [0.2, 0.25) is 0 Å². The fourth-order valence-electron chi connectivity index (χ4n) is 2.09. The number of hydrogen-bond acceptors (Lipinski definition) is 4. The normalized spacial score (nSPS) is 11.8. The molecular weight excluding hydrogens is 258 g/mol. The first-order valence-corrected chi connectivity index (χ1v) is 6.10. The summed E-state index contributed by atoms with van der Waals surface area (Å²) in [5.41, 5.74) is 0.886. The summed E-state index contributed by atoms with van der Waals surface area (Å²) in [4.78, 5) is 11.1. The number of carboxylic acids is 1. The lowest BCUT2D eigenvalue weighted by Gasteiger charge is -2.19. The Labute approximate surface area is 116 Å². The highest BCUT2D eigenvalue weighted by Gasteiger charge is 2.17. The lowest BCUT2D eigenvalue weighted by Crippen LogP contribution is -2.11. The minimum Gasteiger partial charge on any atom is -0.507 e. The number of carboxylic acid groups (broad SMARTS) is 1. The Morgan fingerprint density at radius 2 is 1.65 bits per heavy atom. The number of benzene rings is 2. The van der Waals surface area contributed by atoms with E-state index in [1.165, 1.54) is 24.3 Å². The highest BCUT2D eigenvalue weighted by atomic mass is 16.4. The van der Waals surface area contributed by atoms with Crippen LogP contribution in [-0.2, 0) is 0 Å². The molecule has 0 aliphatic carbocycles. The van der Waals surface area contributed by atoms with Crippen LogP contribution in [0.15, 0.2) is 42.5 Å². The summed E-state index contributed by atoms with van der Waals surface area (Å²) in [6.07, 6.45) is 0. The van der Waals surface area contributed by atoms with Gasteiger partial charge < -0.3 is 20.6 Å². The van der Waals surface area contributed by atoms with E-state index in [2.05, 4.69) is 5.32 Å². The van der Waals surface area contributed by atoms with E-state index in [1.807, 2.05) is 0 Å². The standard InChI is InChI=1S/C15H15NO4/c1-9(14-12(17)7-4-8-13(14)18)16-11-6-3-2-5-10(11)15(19)20/h2-9,16-18H,1H3,(H,19,20). The second-order valence-electron chi connectivity index (χ2n) is 4.43. The molecule has 5 nitrogen and oxygen atoms in total. The van der Waals surface area contributed by atoms with E-state index in [-0.39, 0.29) is 17.1 Å². The fourth-order valence-corrected chi connectivity index (χ4v) is 2.09. The van der Waals surface area contributed by atoms with Crippen LogP contribution >= 0.6 is 0 Å². The van der Waals surface area contributed by atoms with E-state index in [9.17, 15) is 15.0 Å². The molecule has 0 radical (unpaired) electrons. The fraction of sp³-hybridized carbons (Fsp3) is 0.133. The molecule has 0 saturated carbocycles. The molecule has 0 spiro atoms. The van der Waals surface area contributed by atoms with Crippen LogP contribution in [-0.4, -0.2) is 21.3 Å².